The average molecular weight is 252 g/mol. The first kappa shape index (κ1) is 11.1. The van der Waals surface area contributed by atoms with Crippen molar-refractivity contribution in [3.05, 3.63) is 60.2 Å². The van der Waals surface area contributed by atoms with E-state index in [4.69, 9.17) is 17.2 Å². The molecule has 1 heterocycles. The summed E-state index contributed by atoms with van der Waals surface area (Å²) in [4.78, 5) is 5.53. The molecule has 0 bridgehead atoms. The Hall–Kier alpha value is -2.00. The van der Waals surface area contributed by atoms with Crippen LogP contribution in [0, 0.1) is 0 Å². The molecule has 0 aromatic heterocycles. The molecule has 2 nitrogen and oxygen atoms in total. The Kier molecular flexibility index (Phi) is 2.90. The molecule has 0 radical (unpaired) electrons. The van der Waals surface area contributed by atoms with Crippen molar-refractivity contribution in [2.45, 2.75) is 6.42 Å². The van der Waals surface area contributed by atoms with E-state index in [2.05, 4.69) is 17.4 Å². The Balaban J connectivity index is 2.11. The monoisotopic (exact) mass is 252 g/mol. The summed E-state index contributed by atoms with van der Waals surface area (Å²) < 4.78 is 0. The molecule has 3 rings (SSSR count). The lowest BCUT2D eigenvalue weighted by Crippen LogP contribution is -2.12. The normalized spacial score (nSPS) is 14.2. The van der Waals surface area contributed by atoms with E-state index >= 15 is 0 Å². The minimum absolute atomic E-state index is 0.675. The zero-order valence-electron chi connectivity index (χ0n) is 9.76. The van der Waals surface area contributed by atoms with Crippen LogP contribution >= 0.6 is 12.2 Å². The molecule has 0 saturated carbocycles. The van der Waals surface area contributed by atoms with Crippen LogP contribution in [0.2, 0.25) is 0 Å². The van der Waals surface area contributed by atoms with Crippen molar-refractivity contribution < 1.29 is 0 Å². The summed E-state index contributed by atoms with van der Waals surface area (Å²) in [6.07, 6.45) is 0.675. The number of hydrogen-bond donors (Lipinski definition) is 1. The zero-order chi connectivity index (χ0) is 12.4. The molecule has 0 atom stereocenters. The molecular formula is C15H12N2S. The number of para-hydroxylation sites is 2. The van der Waals surface area contributed by atoms with Crippen LogP contribution in [0.5, 0.6) is 0 Å². The van der Waals surface area contributed by atoms with Crippen molar-refractivity contribution in [3.8, 4) is 0 Å². The van der Waals surface area contributed by atoms with Crippen molar-refractivity contribution in [2.75, 3.05) is 5.32 Å². The number of anilines is 1. The van der Waals surface area contributed by atoms with E-state index in [1.807, 2.05) is 42.5 Å². The quantitative estimate of drug-likeness (QED) is 0.777. The lowest BCUT2D eigenvalue weighted by atomic mass is 10.1. The largest absolute Gasteiger partial charge is 0.348 e. The van der Waals surface area contributed by atoms with Crippen molar-refractivity contribution in [2.24, 2.45) is 4.99 Å². The van der Waals surface area contributed by atoms with Crippen LogP contribution < -0.4 is 5.32 Å². The van der Waals surface area contributed by atoms with Gasteiger partial charge in [-0.05, 0) is 17.7 Å². The third-order valence-corrected chi connectivity index (χ3v) is 3.11. The van der Waals surface area contributed by atoms with Crippen LogP contribution in [0.25, 0.3) is 0 Å². The van der Waals surface area contributed by atoms with E-state index in [9.17, 15) is 0 Å². The Morgan fingerprint density at radius 1 is 0.944 bits per heavy atom. The van der Waals surface area contributed by atoms with Crippen LogP contribution in [-0.4, -0.2) is 10.7 Å². The van der Waals surface area contributed by atoms with Gasteiger partial charge >= 0.3 is 0 Å². The van der Waals surface area contributed by atoms with Crippen molar-refractivity contribution in [1.82, 2.24) is 0 Å². The fraction of sp³-hybridized carbons (Fsp3) is 0.0667. The second kappa shape index (κ2) is 4.70. The first-order chi connectivity index (χ1) is 8.83. The van der Waals surface area contributed by atoms with Gasteiger partial charge in [0, 0.05) is 6.42 Å². The van der Waals surface area contributed by atoms with Gasteiger partial charge in [-0.25, -0.2) is 0 Å². The van der Waals surface area contributed by atoms with Crippen molar-refractivity contribution >= 4 is 34.3 Å². The van der Waals surface area contributed by atoms with E-state index in [0.717, 1.165) is 27.6 Å². The van der Waals surface area contributed by atoms with E-state index < -0.39 is 0 Å². The number of hydrogen-bond acceptors (Lipinski definition) is 2. The number of nitrogens with one attached hydrogen (secondary N) is 1. The molecular weight excluding hydrogens is 240 g/mol. The molecule has 3 heteroatoms. The standard InChI is InChI=1S/C15H12N2S/c18-15-10-14(11-6-2-1-3-7-11)16-12-8-4-5-9-13(12)17-15/h1-9H,10H2,(H,17,18). The van der Waals surface area contributed by atoms with Gasteiger partial charge in [0.2, 0.25) is 0 Å². The Labute approximate surface area is 111 Å². The van der Waals surface area contributed by atoms with Crippen LogP contribution in [0.15, 0.2) is 59.6 Å². The van der Waals surface area contributed by atoms with Gasteiger partial charge in [0.05, 0.1) is 22.1 Å². The maximum Gasteiger partial charge on any atom is 0.0868 e. The van der Waals surface area contributed by atoms with Gasteiger partial charge in [-0.15, -0.1) is 0 Å². The second-order valence-electron chi connectivity index (χ2n) is 4.17. The number of benzene rings is 2. The second-order valence-corrected chi connectivity index (χ2v) is 4.66. The molecule has 1 N–H and O–H groups in total. The fourth-order valence-electron chi connectivity index (χ4n) is 2.01. The van der Waals surface area contributed by atoms with Crippen LogP contribution in [0.3, 0.4) is 0 Å². The summed E-state index contributed by atoms with van der Waals surface area (Å²) in [6.45, 7) is 0. The van der Waals surface area contributed by atoms with Gasteiger partial charge in [-0.2, -0.15) is 0 Å². The van der Waals surface area contributed by atoms with Gasteiger partial charge in [0.25, 0.3) is 0 Å². The Bertz CT molecular complexity index is 617. The lowest BCUT2D eigenvalue weighted by molar-refractivity contribution is 1.46. The summed E-state index contributed by atoms with van der Waals surface area (Å²) in [5.74, 6) is 0. The highest BCUT2D eigenvalue weighted by Crippen LogP contribution is 2.28. The van der Waals surface area contributed by atoms with Gasteiger partial charge in [0.1, 0.15) is 0 Å². The number of rotatable bonds is 1. The number of nitrogens with zero attached hydrogens (tertiary/aromatic N) is 1. The van der Waals surface area contributed by atoms with Gasteiger partial charge in [-0.1, -0.05) is 54.7 Å². The maximum absolute atomic E-state index is 5.35. The molecule has 88 valence electrons. The van der Waals surface area contributed by atoms with Crippen molar-refractivity contribution in [1.29, 1.82) is 0 Å². The predicted octanol–water partition coefficient (Wildman–Crippen LogP) is 3.95. The molecule has 0 saturated heterocycles. The summed E-state index contributed by atoms with van der Waals surface area (Å²) in [5.41, 5.74) is 4.06. The average Bonchev–Trinajstić information content (AvgIpc) is 2.57. The molecule has 2 aromatic carbocycles. The van der Waals surface area contributed by atoms with E-state index in [1.165, 1.54) is 0 Å². The molecule has 1 aliphatic heterocycles. The number of fused-ring (bicyclic) bond motifs is 1. The first-order valence-corrected chi connectivity index (χ1v) is 6.25. The molecule has 0 aliphatic carbocycles. The highest BCUT2D eigenvalue weighted by Gasteiger charge is 2.13. The molecule has 0 unspecified atom stereocenters. The number of aliphatic imine (C=N–C) groups is 1. The minimum Gasteiger partial charge on any atom is -0.348 e. The maximum atomic E-state index is 5.35. The van der Waals surface area contributed by atoms with Gasteiger partial charge < -0.3 is 5.32 Å². The highest BCUT2D eigenvalue weighted by molar-refractivity contribution is 7.80. The topological polar surface area (TPSA) is 24.4 Å². The summed E-state index contributed by atoms with van der Waals surface area (Å²) in [7, 11) is 0. The van der Waals surface area contributed by atoms with Crippen LogP contribution in [-0.2, 0) is 0 Å². The van der Waals surface area contributed by atoms with Crippen LogP contribution in [0.4, 0.5) is 11.4 Å². The molecule has 0 amide bonds. The van der Waals surface area contributed by atoms with E-state index in [0.29, 0.717) is 6.42 Å². The number of thiocarbonyl (C=S) groups is 1. The minimum atomic E-state index is 0.675. The summed E-state index contributed by atoms with van der Waals surface area (Å²) >= 11 is 5.35. The predicted molar refractivity (Wildman–Crippen MR) is 79.9 cm³/mol. The lowest BCUT2D eigenvalue weighted by Gasteiger charge is -2.05. The third kappa shape index (κ3) is 2.17. The van der Waals surface area contributed by atoms with E-state index in [-0.39, 0.29) is 0 Å². The third-order valence-electron chi connectivity index (χ3n) is 2.87. The van der Waals surface area contributed by atoms with E-state index in [1.54, 1.807) is 0 Å². The molecule has 0 fully saturated rings. The fourth-order valence-corrected chi connectivity index (χ4v) is 2.25. The van der Waals surface area contributed by atoms with Gasteiger partial charge in [0.15, 0.2) is 0 Å². The SMILES string of the molecule is S=C1CC(c2ccccc2)=Nc2ccccc2N1. The van der Waals surface area contributed by atoms with Crippen molar-refractivity contribution in [3.63, 3.8) is 0 Å². The van der Waals surface area contributed by atoms with Gasteiger partial charge in [-0.3, -0.25) is 4.99 Å². The molecule has 0 spiro atoms. The Morgan fingerprint density at radius 2 is 1.67 bits per heavy atom. The molecule has 2 aromatic rings. The highest BCUT2D eigenvalue weighted by atomic mass is 32.1. The summed E-state index contributed by atoms with van der Waals surface area (Å²) in [5, 5.41) is 3.24. The summed E-state index contributed by atoms with van der Waals surface area (Å²) in [6, 6.07) is 18.1. The van der Waals surface area contributed by atoms with Crippen LogP contribution in [0.1, 0.15) is 12.0 Å². The first-order valence-electron chi connectivity index (χ1n) is 5.85. The molecule has 18 heavy (non-hydrogen) atoms. The smallest absolute Gasteiger partial charge is 0.0868 e. The Morgan fingerprint density at radius 3 is 2.50 bits per heavy atom. The zero-order valence-corrected chi connectivity index (χ0v) is 10.6. The molecule has 1 aliphatic rings.